The molecule has 0 unspecified atom stereocenters. The van der Waals surface area contributed by atoms with Gasteiger partial charge in [0.05, 0.1) is 17.1 Å². The maximum Gasteiger partial charge on any atom is 0.292 e. The lowest BCUT2D eigenvalue weighted by molar-refractivity contribution is -0.122. The lowest BCUT2D eigenvalue weighted by Gasteiger charge is -2.38. The Morgan fingerprint density at radius 2 is 1.90 bits per heavy atom. The second-order valence-electron chi connectivity index (χ2n) is 9.44. The standard InChI is InChI=1S/C30H21ClN4O2S2/c1-18-5-8-23(9-6-18)39-35-26-10-7-21(31)14-25(26)28(24-11-12-38-27(24)15-32)29(35)19-3-2-4-22(13-19)34-16-20(17-34)30(36)33-37/h2-14,20H,16-17H2,1H3. The number of carbonyl (C=O) groups is 1. The van der Waals surface area contributed by atoms with Crippen molar-refractivity contribution in [3.8, 4) is 28.5 Å². The number of aromatic nitrogens is 1. The van der Waals surface area contributed by atoms with Gasteiger partial charge in [-0.2, -0.15) is 5.26 Å². The molecule has 0 saturated carbocycles. The van der Waals surface area contributed by atoms with E-state index in [4.69, 9.17) is 11.6 Å². The molecule has 5 aromatic rings. The van der Waals surface area contributed by atoms with Crippen molar-refractivity contribution in [2.75, 3.05) is 18.0 Å². The molecule has 1 fully saturated rings. The van der Waals surface area contributed by atoms with E-state index >= 15 is 0 Å². The molecule has 0 atom stereocenters. The van der Waals surface area contributed by atoms with Crippen molar-refractivity contribution < 1.29 is 4.79 Å². The summed E-state index contributed by atoms with van der Waals surface area (Å²) in [5, 5.41) is 16.0. The van der Waals surface area contributed by atoms with Crippen molar-refractivity contribution in [2.45, 2.75) is 11.8 Å². The lowest BCUT2D eigenvalue weighted by atomic mass is 9.96. The molecule has 9 heteroatoms. The van der Waals surface area contributed by atoms with Gasteiger partial charge in [-0.25, -0.2) is 0 Å². The zero-order valence-electron chi connectivity index (χ0n) is 20.8. The summed E-state index contributed by atoms with van der Waals surface area (Å²) in [5.74, 6) is -0.964. The molecule has 0 spiro atoms. The Morgan fingerprint density at radius 3 is 2.64 bits per heavy atom. The van der Waals surface area contributed by atoms with Crippen LogP contribution < -0.4 is 4.90 Å². The summed E-state index contributed by atoms with van der Waals surface area (Å²) in [6, 6.07) is 26.8. The van der Waals surface area contributed by atoms with E-state index in [0.29, 0.717) is 23.0 Å². The predicted molar refractivity (Wildman–Crippen MR) is 159 cm³/mol. The Morgan fingerprint density at radius 1 is 1.10 bits per heavy atom. The number of fused-ring (bicyclic) bond motifs is 1. The van der Waals surface area contributed by atoms with Crippen LogP contribution in [0.3, 0.4) is 0 Å². The quantitative estimate of drug-likeness (QED) is 0.193. The summed E-state index contributed by atoms with van der Waals surface area (Å²) in [7, 11) is 0. The minimum absolute atomic E-state index is 0.364. The van der Waals surface area contributed by atoms with Crippen LogP contribution in [-0.2, 0) is 4.79 Å². The number of benzene rings is 3. The number of nitroso groups, excluding NO2 is 1. The van der Waals surface area contributed by atoms with E-state index in [1.54, 1.807) is 11.9 Å². The summed E-state index contributed by atoms with van der Waals surface area (Å²) in [6.45, 7) is 2.98. The fourth-order valence-corrected chi connectivity index (χ4v) is 6.81. The van der Waals surface area contributed by atoms with E-state index in [9.17, 15) is 15.0 Å². The average Bonchev–Trinajstić information content (AvgIpc) is 3.51. The molecular formula is C30H21ClN4O2S2. The number of carbonyl (C=O) groups excluding carboxylic acids is 1. The van der Waals surface area contributed by atoms with Gasteiger partial charge in [0.1, 0.15) is 10.9 Å². The molecule has 6 nitrogen and oxygen atoms in total. The fourth-order valence-electron chi connectivity index (χ4n) is 4.93. The van der Waals surface area contributed by atoms with Gasteiger partial charge in [0, 0.05) is 55.9 Å². The van der Waals surface area contributed by atoms with Gasteiger partial charge in [0.2, 0.25) is 0 Å². The van der Waals surface area contributed by atoms with Crippen molar-refractivity contribution in [1.82, 2.24) is 3.97 Å². The number of nitrogens with zero attached hydrogens (tertiary/aromatic N) is 4. The van der Waals surface area contributed by atoms with Crippen molar-refractivity contribution >= 4 is 57.4 Å². The van der Waals surface area contributed by atoms with Gasteiger partial charge in [0.15, 0.2) is 0 Å². The smallest absolute Gasteiger partial charge is 0.292 e. The first-order valence-corrected chi connectivity index (χ1v) is 14.3. The first-order valence-electron chi connectivity index (χ1n) is 12.3. The van der Waals surface area contributed by atoms with Crippen LogP contribution in [0.2, 0.25) is 5.02 Å². The highest BCUT2D eigenvalue weighted by atomic mass is 35.5. The van der Waals surface area contributed by atoms with Gasteiger partial charge < -0.3 is 4.90 Å². The summed E-state index contributed by atoms with van der Waals surface area (Å²) in [6.07, 6.45) is 0. The molecule has 6 rings (SSSR count). The molecule has 39 heavy (non-hydrogen) atoms. The van der Waals surface area contributed by atoms with Crippen molar-refractivity contribution in [3.05, 3.63) is 98.5 Å². The second kappa shape index (κ2) is 10.3. The molecular weight excluding hydrogens is 548 g/mol. The van der Waals surface area contributed by atoms with E-state index in [2.05, 4.69) is 63.4 Å². The summed E-state index contributed by atoms with van der Waals surface area (Å²) in [5.41, 5.74) is 6.86. The molecule has 1 amide bonds. The normalized spacial score (nSPS) is 13.3. The van der Waals surface area contributed by atoms with Crippen LogP contribution in [0.1, 0.15) is 10.4 Å². The van der Waals surface area contributed by atoms with Crippen LogP contribution in [-0.4, -0.2) is 23.0 Å². The minimum atomic E-state index is -0.599. The van der Waals surface area contributed by atoms with Gasteiger partial charge in [-0.15, -0.1) is 16.2 Å². The summed E-state index contributed by atoms with van der Waals surface area (Å²) >= 11 is 9.54. The number of aryl methyl sites for hydroxylation is 1. The van der Waals surface area contributed by atoms with E-state index < -0.39 is 5.91 Å². The van der Waals surface area contributed by atoms with Crippen LogP contribution in [0.5, 0.6) is 0 Å². The minimum Gasteiger partial charge on any atom is -0.370 e. The number of hydrogen-bond acceptors (Lipinski definition) is 6. The molecule has 0 aliphatic carbocycles. The Bertz CT molecular complexity index is 1780. The van der Waals surface area contributed by atoms with Crippen molar-refractivity contribution in [1.29, 1.82) is 5.26 Å². The number of nitriles is 1. The van der Waals surface area contributed by atoms with Crippen molar-refractivity contribution in [3.63, 3.8) is 0 Å². The first kappa shape index (κ1) is 25.4. The zero-order valence-corrected chi connectivity index (χ0v) is 23.2. The number of anilines is 1. The SMILES string of the molecule is Cc1ccc(Sn2c(-c3cccc(N4CC(C(=O)N=O)C4)c3)c(-c3ccsc3C#N)c3cc(Cl)ccc32)cc1. The van der Waals surface area contributed by atoms with Gasteiger partial charge in [-0.1, -0.05) is 41.4 Å². The highest BCUT2D eigenvalue weighted by Gasteiger charge is 2.34. The second-order valence-corrected chi connectivity index (χ2v) is 11.8. The third-order valence-corrected chi connectivity index (χ3v) is 9.04. The number of amides is 1. The van der Waals surface area contributed by atoms with Crippen LogP contribution in [0.15, 0.2) is 88.2 Å². The summed E-state index contributed by atoms with van der Waals surface area (Å²) < 4.78 is 2.21. The molecule has 192 valence electrons. The maximum absolute atomic E-state index is 11.7. The molecule has 1 aliphatic rings. The van der Waals surface area contributed by atoms with Crippen LogP contribution in [0.4, 0.5) is 5.69 Å². The third kappa shape index (κ3) is 4.63. The Labute approximate surface area is 238 Å². The molecule has 3 aromatic carbocycles. The van der Waals surface area contributed by atoms with E-state index in [0.717, 1.165) is 43.9 Å². The van der Waals surface area contributed by atoms with Gasteiger partial charge in [0.25, 0.3) is 5.91 Å². The van der Waals surface area contributed by atoms with Crippen molar-refractivity contribution in [2.24, 2.45) is 11.1 Å². The number of rotatable bonds is 6. The van der Waals surface area contributed by atoms with E-state index in [1.165, 1.54) is 16.9 Å². The monoisotopic (exact) mass is 568 g/mol. The Hall–Kier alpha value is -3.90. The highest BCUT2D eigenvalue weighted by molar-refractivity contribution is 7.98. The lowest BCUT2D eigenvalue weighted by Crippen LogP contribution is -2.50. The van der Waals surface area contributed by atoms with Gasteiger partial charge in [-0.3, -0.25) is 8.77 Å². The molecule has 1 saturated heterocycles. The maximum atomic E-state index is 11.7. The van der Waals surface area contributed by atoms with Crippen LogP contribution in [0.25, 0.3) is 33.3 Å². The zero-order chi connectivity index (χ0) is 27.1. The average molecular weight is 569 g/mol. The number of thiophene rings is 1. The molecule has 1 aliphatic heterocycles. The van der Waals surface area contributed by atoms with E-state index in [-0.39, 0.29) is 5.92 Å². The van der Waals surface area contributed by atoms with Crippen LogP contribution >= 0.6 is 34.9 Å². The first-order chi connectivity index (χ1) is 19.0. The number of halogens is 1. The molecule has 0 radical (unpaired) electrons. The van der Waals surface area contributed by atoms with Gasteiger partial charge >= 0.3 is 0 Å². The molecule has 0 N–H and O–H groups in total. The predicted octanol–water partition coefficient (Wildman–Crippen LogP) is 8.15. The van der Waals surface area contributed by atoms with Crippen LogP contribution in [0, 0.1) is 29.1 Å². The van der Waals surface area contributed by atoms with Gasteiger partial charge in [-0.05, 0) is 72.8 Å². The molecule has 0 bridgehead atoms. The fraction of sp³-hybridized carbons (Fsp3) is 0.133. The topological polar surface area (TPSA) is 78.5 Å². The largest absolute Gasteiger partial charge is 0.370 e. The molecule has 3 heterocycles. The molecule has 2 aromatic heterocycles. The Balaban J connectivity index is 1.57. The highest BCUT2D eigenvalue weighted by Crippen LogP contribution is 2.47. The van der Waals surface area contributed by atoms with E-state index in [1.807, 2.05) is 41.8 Å². The number of hydrogen-bond donors (Lipinski definition) is 0. The summed E-state index contributed by atoms with van der Waals surface area (Å²) in [4.78, 5) is 26.2. The third-order valence-electron chi connectivity index (χ3n) is 6.95. The Kier molecular flexibility index (Phi) is 6.73.